The molecule has 2 heterocycles. The predicted molar refractivity (Wildman–Crippen MR) is 117 cm³/mol. The zero-order chi connectivity index (χ0) is 25.2. The van der Waals surface area contributed by atoms with Crippen molar-refractivity contribution in [3.8, 4) is 0 Å². The number of benzene rings is 2. The number of furan rings is 1. The Hall–Kier alpha value is -4.41. The van der Waals surface area contributed by atoms with Crippen LogP contribution in [-0.4, -0.2) is 28.5 Å². The van der Waals surface area contributed by atoms with Gasteiger partial charge in [-0.25, -0.2) is 0 Å². The Kier molecular flexibility index (Phi) is 6.41. The summed E-state index contributed by atoms with van der Waals surface area (Å²) >= 11 is 0. The van der Waals surface area contributed by atoms with Gasteiger partial charge >= 0.3 is 6.18 Å². The lowest BCUT2D eigenvalue weighted by atomic mass is 10.1. The first kappa shape index (κ1) is 23.7. The van der Waals surface area contributed by atoms with Crippen molar-refractivity contribution in [3.63, 3.8) is 0 Å². The molecule has 1 aromatic heterocycles. The third-order valence-electron chi connectivity index (χ3n) is 5.29. The molecule has 8 nitrogen and oxygen atoms in total. The monoisotopic (exact) mass is 485 g/mol. The number of hydrogen-bond acceptors (Lipinski definition) is 5. The number of nitrogens with one attached hydrogen (secondary N) is 2. The topological polar surface area (TPSA) is 109 Å². The molecule has 0 unspecified atom stereocenters. The summed E-state index contributed by atoms with van der Waals surface area (Å²) in [5.74, 6) is -2.14. The fraction of sp³-hybridized carbons (Fsp3) is 0.167. The van der Waals surface area contributed by atoms with Crippen molar-refractivity contribution in [1.29, 1.82) is 0 Å². The summed E-state index contributed by atoms with van der Waals surface area (Å²) in [7, 11) is 0. The highest BCUT2D eigenvalue weighted by Crippen LogP contribution is 2.37. The van der Waals surface area contributed by atoms with Crippen molar-refractivity contribution in [2.75, 3.05) is 10.6 Å². The van der Waals surface area contributed by atoms with E-state index >= 15 is 0 Å². The number of carbonyl (C=O) groups excluding carboxylic acids is 4. The maximum absolute atomic E-state index is 13.7. The third-order valence-corrected chi connectivity index (χ3v) is 5.29. The molecular weight excluding hydrogens is 467 g/mol. The minimum atomic E-state index is -4.81. The van der Waals surface area contributed by atoms with E-state index in [1.54, 1.807) is 0 Å². The van der Waals surface area contributed by atoms with Crippen molar-refractivity contribution < 1.29 is 36.8 Å². The molecule has 0 saturated carbocycles. The minimum Gasteiger partial charge on any atom is -0.459 e. The van der Waals surface area contributed by atoms with Gasteiger partial charge in [-0.3, -0.25) is 24.1 Å². The lowest BCUT2D eigenvalue weighted by molar-refractivity contribution is -0.139. The van der Waals surface area contributed by atoms with Crippen LogP contribution in [0.5, 0.6) is 0 Å². The quantitative estimate of drug-likeness (QED) is 0.502. The molecule has 3 aromatic rings. The highest BCUT2D eigenvalue weighted by Gasteiger charge is 2.34. The van der Waals surface area contributed by atoms with Gasteiger partial charge in [-0.05, 0) is 48.0 Å². The Morgan fingerprint density at radius 1 is 0.914 bits per heavy atom. The van der Waals surface area contributed by atoms with E-state index in [9.17, 15) is 32.3 Å². The van der Waals surface area contributed by atoms with Crippen LogP contribution in [0.2, 0.25) is 0 Å². The fourth-order valence-corrected chi connectivity index (χ4v) is 3.50. The smallest absolute Gasteiger partial charge is 0.418 e. The van der Waals surface area contributed by atoms with Gasteiger partial charge in [0.05, 0.1) is 24.1 Å². The lowest BCUT2D eigenvalue weighted by Gasteiger charge is -2.16. The van der Waals surface area contributed by atoms with Gasteiger partial charge in [-0.1, -0.05) is 12.1 Å². The number of amides is 4. The number of nitrogens with zero attached hydrogens (tertiary/aromatic N) is 1. The molecule has 1 saturated heterocycles. The molecule has 0 radical (unpaired) electrons. The average Bonchev–Trinajstić information content (AvgIpc) is 3.46. The molecule has 180 valence electrons. The fourth-order valence-electron chi connectivity index (χ4n) is 3.50. The highest BCUT2D eigenvalue weighted by atomic mass is 19.4. The van der Waals surface area contributed by atoms with Crippen LogP contribution < -0.4 is 10.6 Å². The SMILES string of the molecule is O=C(Nc1ccc(NC(=O)c2ccco2)cc1C(F)(F)F)c1ccc(CN2C(=O)CCC2=O)cc1. The number of halogens is 3. The standard InChI is InChI=1S/C24H18F3N3O5/c25-24(26,27)17-12-16(28-23(34)19-2-1-11-35-19)7-8-18(17)29-22(33)15-5-3-14(4-6-15)13-30-20(31)9-10-21(30)32/h1-8,11-12H,9-10,13H2,(H,28,34)(H,29,33). The van der Waals surface area contributed by atoms with Crippen LogP contribution in [0, 0.1) is 0 Å². The molecule has 2 N–H and O–H groups in total. The van der Waals surface area contributed by atoms with E-state index in [0.29, 0.717) is 11.6 Å². The first-order valence-electron chi connectivity index (χ1n) is 10.4. The zero-order valence-electron chi connectivity index (χ0n) is 18.0. The van der Waals surface area contributed by atoms with Gasteiger partial charge in [0.15, 0.2) is 5.76 Å². The van der Waals surface area contributed by atoms with Gasteiger partial charge in [0.1, 0.15) is 0 Å². The lowest BCUT2D eigenvalue weighted by Crippen LogP contribution is -2.28. The molecule has 35 heavy (non-hydrogen) atoms. The predicted octanol–water partition coefficient (Wildman–Crippen LogP) is 4.45. The zero-order valence-corrected chi connectivity index (χ0v) is 18.0. The number of hydrogen-bond donors (Lipinski definition) is 2. The first-order chi connectivity index (χ1) is 16.6. The van der Waals surface area contributed by atoms with Gasteiger partial charge in [-0.2, -0.15) is 13.2 Å². The number of rotatable bonds is 6. The van der Waals surface area contributed by atoms with Gasteiger partial charge < -0.3 is 15.1 Å². The van der Waals surface area contributed by atoms with Crippen LogP contribution in [0.1, 0.15) is 44.9 Å². The van der Waals surface area contributed by atoms with E-state index in [1.807, 2.05) is 0 Å². The van der Waals surface area contributed by atoms with E-state index in [0.717, 1.165) is 11.0 Å². The summed E-state index contributed by atoms with van der Waals surface area (Å²) in [6.07, 6.45) is -3.24. The second kappa shape index (κ2) is 9.45. The molecule has 0 spiro atoms. The molecule has 1 aliphatic heterocycles. The number of carbonyl (C=O) groups is 4. The van der Waals surface area contributed by atoms with E-state index in [4.69, 9.17) is 4.42 Å². The normalized spacial score (nSPS) is 13.7. The molecule has 0 aliphatic carbocycles. The van der Waals surface area contributed by atoms with Crippen LogP contribution >= 0.6 is 0 Å². The van der Waals surface area contributed by atoms with Gasteiger partial charge in [0.2, 0.25) is 11.8 Å². The van der Waals surface area contributed by atoms with Gasteiger partial charge in [0.25, 0.3) is 11.8 Å². The van der Waals surface area contributed by atoms with E-state index < -0.39 is 29.2 Å². The largest absolute Gasteiger partial charge is 0.459 e. The molecule has 0 atom stereocenters. The minimum absolute atomic E-state index is 0.0585. The van der Waals surface area contributed by atoms with Crippen molar-refractivity contribution in [1.82, 2.24) is 4.90 Å². The molecule has 1 aliphatic rings. The van der Waals surface area contributed by atoms with Crippen molar-refractivity contribution >= 4 is 35.0 Å². The van der Waals surface area contributed by atoms with Crippen LogP contribution in [0.25, 0.3) is 0 Å². The maximum Gasteiger partial charge on any atom is 0.418 e. The Labute approximate surface area is 196 Å². The number of imide groups is 1. The Balaban J connectivity index is 1.48. The average molecular weight is 485 g/mol. The Morgan fingerprint density at radius 3 is 2.20 bits per heavy atom. The summed E-state index contributed by atoms with van der Waals surface area (Å²) in [6.45, 7) is 0.0585. The van der Waals surface area contributed by atoms with Gasteiger partial charge in [-0.15, -0.1) is 0 Å². The first-order valence-corrected chi connectivity index (χ1v) is 10.4. The van der Waals surface area contributed by atoms with Crippen LogP contribution in [0.4, 0.5) is 24.5 Å². The van der Waals surface area contributed by atoms with E-state index in [-0.39, 0.29) is 48.2 Å². The molecule has 4 amide bonds. The van der Waals surface area contributed by atoms with Crippen LogP contribution in [0.3, 0.4) is 0 Å². The molecule has 2 aromatic carbocycles. The van der Waals surface area contributed by atoms with Gasteiger partial charge in [0, 0.05) is 24.1 Å². The Morgan fingerprint density at radius 2 is 1.60 bits per heavy atom. The summed E-state index contributed by atoms with van der Waals surface area (Å²) in [4.78, 5) is 49.3. The summed E-state index contributed by atoms with van der Waals surface area (Å²) in [5, 5.41) is 4.55. The molecule has 11 heteroatoms. The summed E-state index contributed by atoms with van der Waals surface area (Å²) in [6, 6.07) is 11.6. The summed E-state index contributed by atoms with van der Waals surface area (Å²) < 4.78 is 45.9. The second-order valence-corrected chi connectivity index (χ2v) is 7.71. The molecule has 4 rings (SSSR count). The van der Waals surface area contributed by atoms with E-state index in [1.165, 1.54) is 48.7 Å². The molecular formula is C24H18F3N3O5. The molecule has 0 bridgehead atoms. The number of alkyl halides is 3. The van der Waals surface area contributed by atoms with Crippen molar-refractivity contribution in [3.05, 3.63) is 83.3 Å². The van der Waals surface area contributed by atoms with E-state index in [2.05, 4.69) is 10.6 Å². The molecule has 1 fully saturated rings. The Bertz CT molecular complexity index is 1270. The van der Waals surface area contributed by atoms with Crippen LogP contribution in [-0.2, 0) is 22.3 Å². The highest BCUT2D eigenvalue weighted by molar-refractivity contribution is 6.06. The van der Waals surface area contributed by atoms with Crippen molar-refractivity contribution in [2.45, 2.75) is 25.6 Å². The summed E-state index contributed by atoms with van der Waals surface area (Å²) in [5.41, 5.74) is -1.09. The number of likely N-dealkylation sites (tertiary alicyclic amines) is 1. The maximum atomic E-state index is 13.7. The second-order valence-electron chi connectivity index (χ2n) is 7.71. The van der Waals surface area contributed by atoms with Crippen LogP contribution in [0.15, 0.2) is 65.3 Å². The number of anilines is 2. The van der Waals surface area contributed by atoms with Crippen molar-refractivity contribution in [2.24, 2.45) is 0 Å². The third kappa shape index (κ3) is 5.40.